The SMILES string of the molecule is Cc1ncccc1C(=O)NCC1Cc2cc(-c3ccc(S(C)(=O)=O)cc3)ccc2O1. The molecule has 7 heteroatoms. The van der Waals surface area contributed by atoms with Crippen molar-refractivity contribution in [2.45, 2.75) is 24.3 Å². The van der Waals surface area contributed by atoms with Crippen LogP contribution in [0.2, 0.25) is 0 Å². The summed E-state index contributed by atoms with van der Waals surface area (Å²) in [6.45, 7) is 2.21. The van der Waals surface area contributed by atoms with Crippen molar-refractivity contribution in [3.05, 3.63) is 77.6 Å². The number of fused-ring (bicyclic) bond motifs is 1. The number of amides is 1. The van der Waals surface area contributed by atoms with Crippen LogP contribution in [-0.2, 0) is 16.3 Å². The number of nitrogens with zero attached hydrogens (tertiary/aromatic N) is 1. The molecule has 0 saturated heterocycles. The lowest BCUT2D eigenvalue weighted by Gasteiger charge is -2.12. The van der Waals surface area contributed by atoms with Gasteiger partial charge in [-0.05, 0) is 60.0 Å². The zero-order valence-corrected chi connectivity index (χ0v) is 17.6. The standard InChI is InChI=1S/C23H22N2O4S/c1-15-21(4-3-11-24-15)23(26)25-14-19-13-18-12-17(7-10-22(18)29-19)16-5-8-20(9-6-16)30(2,27)28/h3-12,19H,13-14H2,1-2H3,(H,25,26). The van der Waals surface area contributed by atoms with Gasteiger partial charge < -0.3 is 10.1 Å². The smallest absolute Gasteiger partial charge is 0.253 e. The molecule has 1 aliphatic rings. The maximum absolute atomic E-state index is 12.4. The molecule has 0 bridgehead atoms. The zero-order chi connectivity index (χ0) is 21.3. The summed E-state index contributed by atoms with van der Waals surface area (Å²) in [5.41, 5.74) is 4.25. The Morgan fingerprint density at radius 3 is 2.57 bits per heavy atom. The molecule has 0 spiro atoms. The molecule has 1 unspecified atom stereocenters. The highest BCUT2D eigenvalue weighted by Gasteiger charge is 2.24. The number of aryl methyl sites for hydroxylation is 1. The van der Waals surface area contributed by atoms with Crippen LogP contribution < -0.4 is 10.1 Å². The van der Waals surface area contributed by atoms with E-state index in [0.29, 0.717) is 29.1 Å². The number of nitrogens with one attached hydrogen (secondary N) is 1. The first-order chi connectivity index (χ1) is 14.3. The van der Waals surface area contributed by atoms with E-state index in [4.69, 9.17) is 4.74 Å². The monoisotopic (exact) mass is 422 g/mol. The van der Waals surface area contributed by atoms with Gasteiger partial charge in [-0.3, -0.25) is 9.78 Å². The number of hydrogen-bond donors (Lipinski definition) is 1. The minimum atomic E-state index is -3.21. The van der Waals surface area contributed by atoms with E-state index in [-0.39, 0.29) is 12.0 Å². The first kappa shape index (κ1) is 20.1. The van der Waals surface area contributed by atoms with Crippen LogP contribution in [0.3, 0.4) is 0 Å². The van der Waals surface area contributed by atoms with Gasteiger partial charge in [0.05, 0.1) is 17.0 Å². The van der Waals surface area contributed by atoms with E-state index in [1.54, 1.807) is 37.4 Å². The predicted octanol–water partition coefficient (Wildman–Crippen LogP) is 3.19. The first-order valence-corrected chi connectivity index (χ1v) is 11.5. The fourth-order valence-electron chi connectivity index (χ4n) is 3.53. The molecule has 1 atom stereocenters. The Hall–Kier alpha value is -3.19. The molecule has 1 aromatic heterocycles. The average molecular weight is 423 g/mol. The Labute approximate surface area is 175 Å². The Kier molecular flexibility index (Phi) is 5.30. The van der Waals surface area contributed by atoms with E-state index < -0.39 is 9.84 Å². The molecule has 6 nitrogen and oxygen atoms in total. The van der Waals surface area contributed by atoms with Gasteiger partial charge in [0, 0.05) is 24.6 Å². The maximum atomic E-state index is 12.4. The molecule has 30 heavy (non-hydrogen) atoms. The molecule has 1 amide bonds. The van der Waals surface area contributed by atoms with Crippen molar-refractivity contribution < 1.29 is 17.9 Å². The highest BCUT2D eigenvalue weighted by atomic mass is 32.2. The number of sulfone groups is 1. The summed E-state index contributed by atoms with van der Waals surface area (Å²) in [5.74, 6) is 0.648. The second-order valence-corrected chi connectivity index (χ2v) is 9.43. The molecule has 0 fully saturated rings. The van der Waals surface area contributed by atoms with Crippen molar-refractivity contribution in [3.63, 3.8) is 0 Å². The molecule has 2 heterocycles. The minimum absolute atomic E-state index is 0.135. The van der Waals surface area contributed by atoms with E-state index in [1.807, 2.05) is 24.3 Å². The van der Waals surface area contributed by atoms with Gasteiger partial charge in [-0.15, -0.1) is 0 Å². The summed E-state index contributed by atoms with van der Waals surface area (Å²) in [6, 6.07) is 16.3. The molecular formula is C23H22N2O4S. The second kappa shape index (κ2) is 7.91. The van der Waals surface area contributed by atoms with E-state index in [1.165, 1.54) is 6.26 Å². The predicted molar refractivity (Wildman–Crippen MR) is 114 cm³/mol. The van der Waals surface area contributed by atoms with Gasteiger partial charge in [0.15, 0.2) is 9.84 Å². The number of carbonyl (C=O) groups excluding carboxylic acids is 1. The van der Waals surface area contributed by atoms with Crippen LogP contribution in [0.15, 0.2) is 65.7 Å². The Bertz CT molecular complexity index is 1200. The number of carbonyl (C=O) groups is 1. The van der Waals surface area contributed by atoms with Crippen LogP contribution >= 0.6 is 0 Å². The van der Waals surface area contributed by atoms with Crippen LogP contribution in [0, 0.1) is 6.92 Å². The molecule has 0 radical (unpaired) electrons. The zero-order valence-electron chi connectivity index (χ0n) is 16.8. The number of ether oxygens (including phenoxy) is 1. The molecule has 1 aliphatic heterocycles. The average Bonchev–Trinajstić information content (AvgIpc) is 3.14. The molecule has 0 aliphatic carbocycles. The summed E-state index contributed by atoms with van der Waals surface area (Å²) in [4.78, 5) is 16.8. The topological polar surface area (TPSA) is 85.4 Å². The lowest BCUT2D eigenvalue weighted by molar-refractivity contribution is 0.0932. The van der Waals surface area contributed by atoms with Crippen molar-refractivity contribution in [2.75, 3.05) is 12.8 Å². The summed E-state index contributed by atoms with van der Waals surface area (Å²) in [6.07, 6.45) is 3.42. The van der Waals surface area contributed by atoms with Crippen molar-refractivity contribution >= 4 is 15.7 Å². The van der Waals surface area contributed by atoms with Crippen LogP contribution in [-0.4, -0.2) is 38.2 Å². The van der Waals surface area contributed by atoms with Crippen molar-refractivity contribution in [1.82, 2.24) is 10.3 Å². The second-order valence-electron chi connectivity index (χ2n) is 7.41. The summed E-state index contributed by atoms with van der Waals surface area (Å²) >= 11 is 0. The molecular weight excluding hydrogens is 400 g/mol. The van der Waals surface area contributed by atoms with Crippen LogP contribution in [0.1, 0.15) is 21.6 Å². The third kappa shape index (κ3) is 4.21. The molecule has 0 saturated carbocycles. The van der Waals surface area contributed by atoms with E-state index >= 15 is 0 Å². The Morgan fingerprint density at radius 2 is 1.87 bits per heavy atom. The number of aromatic nitrogens is 1. The number of rotatable bonds is 5. The fraction of sp³-hybridized carbons (Fsp3) is 0.217. The van der Waals surface area contributed by atoms with Gasteiger partial charge in [0.1, 0.15) is 11.9 Å². The molecule has 3 aromatic rings. The van der Waals surface area contributed by atoms with Gasteiger partial charge in [0.25, 0.3) is 5.91 Å². The quantitative estimate of drug-likeness (QED) is 0.683. The van der Waals surface area contributed by atoms with Crippen molar-refractivity contribution in [1.29, 1.82) is 0 Å². The summed E-state index contributed by atoms with van der Waals surface area (Å²) in [7, 11) is -3.21. The third-order valence-corrected chi connectivity index (χ3v) is 6.29. The van der Waals surface area contributed by atoms with Gasteiger partial charge >= 0.3 is 0 Å². The summed E-state index contributed by atoms with van der Waals surface area (Å²) in [5, 5.41) is 2.92. The number of pyridine rings is 1. The van der Waals surface area contributed by atoms with Gasteiger partial charge in [-0.2, -0.15) is 0 Å². The Morgan fingerprint density at radius 1 is 1.13 bits per heavy atom. The third-order valence-electron chi connectivity index (χ3n) is 5.16. The summed E-state index contributed by atoms with van der Waals surface area (Å²) < 4.78 is 29.2. The van der Waals surface area contributed by atoms with E-state index in [2.05, 4.69) is 16.4 Å². The van der Waals surface area contributed by atoms with Crippen LogP contribution in [0.25, 0.3) is 11.1 Å². The van der Waals surface area contributed by atoms with E-state index in [9.17, 15) is 13.2 Å². The minimum Gasteiger partial charge on any atom is -0.488 e. The highest BCUT2D eigenvalue weighted by Crippen LogP contribution is 2.33. The number of benzene rings is 2. The van der Waals surface area contributed by atoms with Crippen LogP contribution in [0.4, 0.5) is 0 Å². The van der Waals surface area contributed by atoms with Gasteiger partial charge in [-0.25, -0.2) is 8.42 Å². The number of hydrogen-bond acceptors (Lipinski definition) is 5. The van der Waals surface area contributed by atoms with E-state index in [0.717, 1.165) is 22.4 Å². The Balaban J connectivity index is 1.43. The normalized spacial score (nSPS) is 15.3. The molecule has 4 rings (SSSR count). The van der Waals surface area contributed by atoms with Crippen molar-refractivity contribution in [3.8, 4) is 16.9 Å². The first-order valence-electron chi connectivity index (χ1n) is 9.61. The lowest BCUT2D eigenvalue weighted by atomic mass is 10.0. The largest absolute Gasteiger partial charge is 0.488 e. The highest BCUT2D eigenvalue weighted by molar-refractivity contribution is 7.90. The maximum Gasteiger partial charge on any atom is 0.253 e. The molecule has 154 valence electrons. The van der Waals surface area contributed by atoms with Crippen LogP contribution in [0.5, 0.6) is 5.75 Å². The lowest BCUT2D eigenvalue weighted by Crippen LogP contribution is -2.34. The van der Waals surface area contributed by atoms with Gasteiger partial charge in [0.2, 0.25) is 0 Å². The fourth-order valence-corrected chi connectivity index (χ4v) is 4.16. The van der Waals surface area contributed by atoms with Crippen molar-refractivity contribution in [2.24, 2.45) is 0 Å². The van der Waals surface area contributed by atoms with Gasteiger partial charge in [-0.1, -0.05) is 18.2 Å². The molecule has 2 aromatic carbocycles. The molecule has 1 N–H and O–H groups in total.